The number of hydrogen-bond donors (Lipinski definition) is 0. The molecule has 4 fully saturated rings. The van der Waals surface area contributed by atoms with Gasteiger partial charge in [-0.3, -0.25) is 0 Å². The molecule has 0 N–H and O–H groups in total. The molecule has 1 aromatic rings. The van der Waals surface area contributed by atoms with Crippen molar-refractivity contribution in [1.29, 1.82) is 0 Å². The molecule has 4 atom stereocenters. The first-order valence-electron chi connectivity index (χ1n) is 7.34. The van der Waals surface area contributed by atoms with Crippen LogP contribution in [0.5, 0.6) is 0 Å². The van der Waals surface area contributed by atoms with E-state index in [0.717, 1.165) is 42.3 Å². The van der Waals surface area contributed by atoms with Gasteiger partial charge in [-0.2, -0.15) is 0 Å². The van der Waals surface area contributed by atoms with E-state index in [9.17, 15) is 4.79 Å². The van der Waals surface area contributed by atoms with Gasteiger partial charge in [-0.1, -0.05) is 18.2 Å². The van der Waals surface area contributed by atoms with Gasteiger partial charge in [0, 0.05) is 17.7 Å². The van der Waals surface area contributed by atoms with Crippen molar-refractivity contribution in [2.75, 3.05) is 0 Å². The van der Waals surface area contributed by atoms with Gasteiger partial charge in [0.1, 0.15) is 0 Å². The summed E-state index contributed by atoms with van der Waals surface area (Å²) < 4.78 is 11.8. The lowest BCUT2D eigenvalue weighted by atomic mass is 9.66. The van der Waals surface area contributed by atoms with Crippen LogP contribution in [0.1, 0.15) is 32.1 Å². The number of thioether (sulfide) groups is 1. The number of hydrogen-bond acceptors (Lipinski definition) is 4. The number of carbonyl (C=O) groups is 1. The maximum absolute atomic E-state index is 12.2. The lowest BCUT2D eigenvalue weighted by Crippen LogP contribution is -2.56. The van der Waals surface area contributed by atoms with E-state index >= 15 is 0 Å². The van der Waals surface area contributed by atoms with Gasteiger partial charge in [-0.15, -0.1) is 0 Å². The van der Waals surface area contributed by atoms with E-state index in [1.165, 1.54) is 6.42 Å². The Morgan fingerprint density at radius 1 is 1.15 bits per heavy atom. The first-order valence-corrected chi connectivity index (χ1v) is 8.16. The van der Waals surface area contributed by atoms with Gasteiger partial charge in [0.25, 0.3) is 0 Å². The Bertz CT molecular complexity index is 478. The van der Waals surface area contributed by atoms with Crippen LogP contribution in [0, 0.1) is 11.8 Å². The smallest absolute Gasteiger partial charge is 0.374 e. The van der Waals surface area contributed by atoms with E-state index in [-0.39, 0.29) is 5.30 Å². The fourth-order valence-corrected chi connectivity index (χ4v) is 4.84. The van der Waals surface area contributed by atoms with Gasteiger partial charge < -0.3 is 9.47 Å². The molecule has 2 aliphatic heterocycles. The number of carbonyl (C=O) groups excluding carboxylic acids is 1. The summed E-state index contributed by atoms with van der Waals surface area (Å²) in [5.74, 6) is 0.764. The van der Waals surface area contributed by atoms with Crippen molar-refractivity contribution in [1.82, 2.24) is 0 Å². The highest BCUT2D eigenvalue weighted by atomic mass is 32.2. The van der Waals surface area contributed by atoms with Crippen LogP contribution in [-0.2, 0) is 9.47 Å². The largest absolute Gasteiger partial charge is 0.425 e. The van der Waals surface area contributed by atoms with Gasteiger partial charge >= 0.3 is 5.30 Å². The molecule has 2 heterocycles. The summed E-state index contributed by atoms with van der Waals surface area (Å²) in [6.07, 6.45) is 5.70. The average Bonchev–Trinajstić information content (AvgIpc) is 2.37. The SMILES string of the molecule is O=C(OC12C[C@@H]3CC(C[C@@H](C3)C1)O2)Sc1ccccc1. The summed E-state index contributed by atoms with van der Waals surface area (Å²) in [6.45, 7) is 0. The lowest BCUT2D eigenvalue weighted by Gasteiger charge is -2.55. The van der Waals surface area contributed by atoms with Crippen molar-refractivity contribution in [2.24, 2.45) is 11.8 Å². The van der Waals surface area contributed by atoms with E-state index in [1.54, 1.807) is 0 Å². The molecular weight excluding hydrogens is 272 g/mol. The second kappa shape index (κ2) is 4.78. The fraction of sp³-hybridized carbons (Fsp3) is 0.562. The minimum Gasteiger partial charge on any atom is -0.425 e. The Morgan fingerprint density at radius 3 is 2.50 bits per heavy atom. The van der Waals surface area contributed by atoms with E-state index in [2.05, 4.69) is 0 Å². The van der Waals surface area contributed by atoms with Crippen LogP contribution in [0.2, 0.25) is 0 Å². The van der Waals surface area contributed by atoms with Crippen LogP contribution in [0.3, 0.4) is 0 Å². The molecule has 4 heteroatoms. The van der Waals surface area contributed by atoms with Gasteiger partial charge in [0.15, 0.2) is 0 Å². The normalized spacial score (nSPS) is 37.9. The Hall–Kier alpha value is -1.00. The summed E-state index contributed by atoms with van der Waals surface area (Å²) in [7, 11) is 0. The summed E-state index contributed by atoms with van der Waals surface area (Å²) in [5.41, 5.74) is 0. The zero-order valence-electron chi connectivity index (χ0n) is 11.3. The number of benzene rings is 1. The molecule has 2 unspecified atom stereocenters. The lowest BCUT2D eigenvalue weighted by molar-refractivity contribution is -0.311. The second-order valence-corrected chi connectivity index (χ2v) is 7.27. The highest BCUT2D eigenvalue weighted by Crippen LogP contribution is 2.53. The minimum atomic E-state index is -0.617. The molecule has 3 nitrogen and oxygen atoms in total. The summed E-state index contributed by atoms with van der Waals surface area (Å²) >= 11 is 1.15. The van der Waals surface area contributed by atoms with E-state index in [0.29, 0.717) is 17.9 Å². The summed E-state index contributed by atoms with van der Waals surface area (Å²) in [4.78, 5) is 13.1. The van der Waals surface area contributed by atoms with Gasteiger partial charge in [-0.05, 0) is 55.0 Å². The zero-order valence-corrected chi connectivity index (χ0v) is 12.1. The monoisotopic (exact) mass is 290 g/mol. The van der Waals surface area contributed by atoms with Crippen molar-refractivity contribution >= 4 is 17.1 Å². The first kappa shape index (κ1) is 12.7. The molecule has 106 valence electrons. The molecule has 0 aromatic heterocycles. The maximum Gasteiger partial charge on any atom is 0.374 e. The zero-order chi connectivity index (χ0) is 13.6. The summed E-state index contributed by atoms with van der Waals surface area (Å²) in [5, 5.41) is -0.238. The standard InChI is InChI=1S/C16H18O3S/c17-15(20-14-4-2-1-3-5-14)19-16-9-11-6-12(10-16)8-13(7-11)18-16/h1-5,11-13H,6-10H2/t11-,12+,13?,16?. The van der Waals surface area contributed by atoms with E-state index in [1.807, 2.05) is 30.3 Å². The number of ether oxygens (including phenoxy) is 2. The average molecular weight is 290 g/mol. The fourth-order valence-electron chi connectivity index (χ4n) is 4.16. The molecule has 5 rings (SSSR count). The molecule has 2 saturated carbocycles. The molecule has 0 amide bonds. The molecule has 0 radical (unpaired) electrons. The highest BCUT2D eigenvalue weighted by molar-refractivity contribution is 8.13. The Morgan fingerprint density at radius 2 is 1.85 bits per heavy atom. The van der Waals surface area contributed by atoms with Gasteiger partial charge in [0.2, 0.25) is 5.79 Å². The van der Waals surface area contributed by atoms with Crippen LogP contribution >= 0.6 is 11.8 Å². The van der Waals surface area contributed by atoms with E-state index in [4.69, 9.17) is 9.47 Å². The first-order chi connectivity index (χ1) is 9.71. The van der Waals surface area contributed by atoms with Crippen molar-refractivity contribution in [2.45, 2.75) is 48.9 Å². The quantitative estimate of drug-likeness (QED) is 0.603. The van der Waals surface area contributed by atoms with Crippen molar-refractivity contribution in [3.05, 3.63) is 30.3 Å². The molecular formula is C16H18O3S. The molecule has 20 heavy (non-hydrogen) atoms. The van der Waals surface area contributed by atoms with Crippen LogP contribution < -0.4 is 0 Å². The Kier molecular flexibility index (Phi) is 3.04. The van der Waals surface area contributed by atoms with E-state index < -0.39 is 5.79 Å². The second-order valence-electron chi connectivity index (χ2n) is 6.27. The van der Waals surface area contributed by atoms with Crippen LogP contribution in [0.15, 0.2) is 35.2 Å². The number of rotatable bonds is 2. The van der Waals surface area contributed by atoms with Gasteiger partial charge in [-0.25, -0.2) is 4.79 Å². The third-order valence-electron chi connectivity index (χ3n) is 4.65. The van der Waals surface area contributed by atoms with Crippen LogP contribution in [0.4, 0.5) is 4.79 Å². The third-order valence-corrected chi connectivity index (χ3v) is 5.41. The molecule has 0 spiro atoms. The molecule has 2 aliphatic carbocycles. The Labute approximate surface area is 123 Å². The highest BCUT2D eigenvalue weighted by Gasteiger charge is 2.54. The topological polar surface area (TPSA) is 35.5 Å². The van der Waals surface area contributed by atoms with Crippen molar-refractivity contribution in [3.63, 3.8) is 0 Å². The predicted molar refractivity (Wildman–Crippen MR) is 76.4 cm³/mol. The van der Waals surface area contributed by atoms with Crippen LogP contribution in [-0.4, -0.2) is 17.2 Å². The third kappa shape index (κ3) is 2.35. The molecule has 1 aromatic carbocycles. The molecule has 4 bridgehead atoms. The molecule has 2 saturated heterocycles. The molecule has 4 aliphatic rings. The summed E-state index contributed by atoms with van der Waals surface area (Å²) in [6, 6.07) is 9.64. The van der Waals surface area contributed by atoms with Crippen LogP contribution in [0.25, 0.3) is 0 Å². The Balaban J connectivity index is 1.45. The minimum absolute atomic E-state index is 0.238. The predicted octanol–water partition coefficient (Wildman–Crippen LogP) is 4.22. The van der Waals surface area contributed by atoms with Crippen molar-refractivity contribution in [3.8, 4) is 0 Å². The van der Waals surface area contributed by atoms with Crippen molar-refractivity contribution < 1.29 is 14.3 Å². The maximum atomic E-state index is 12.2. The van der Waals surface area contributed by atoms with Gasteiger partial charge in [0.05, 0.1) is 6.10 Å².